The molecule has 0 saturated heterocycles. The van der Waals surface area contributed by atoms with Crippen molar-refractivity contribution in [2.24, 2.45) is 0 Å². The van der Waals surface area contributed by atoms with Crippen LogP contribution >= 0.6 is 11.3 Å². The maximum absolute atomic E-state index is 13.1. The number of H-pyrrole nitrogens is 1. The van der Waals surface area contributed by atoms with Crippen molar-refractivity contribution in [3.05, 3.63) is 105 Å². The average molecular weight is 542 g/mol. The largest absolute Gasteiger partial charge is 0.493 e. The van der Waals surface area contributed by atoms with Gasteiger partial charge in [0, 0.05) is 18.1 Å². The number of benzene rings is 2. The number of methoxy groups -OCH3 is 2. The molecule has 0 radical (unpaired) electrons. The van der Waals surface area contributed by atoms with E-state index in [9.17, 15) is 9.59 Å². The Hall–Kier alpha value is -4.70. The lowest BCUT2D eigenvalue weighted by molar-refractivity contribution is -0.115. The van der Waals surface area contributed by atoms with E-state index in [4.69, 9.17) is 9.47 Å². The summed E-state index contributed by atoms with van der Waals surface area (Å²) in [7, 11) is 3.11. The maximum Gasteiger partial charge on any atom is 0.256 e. The molecule has 5 rings (SSSR count). The summed E-state index contributed by atoms with van der Waals surface area (Å²) in [5.41, 5.74) is 3.34. The summed E-state index contributed by atoms with van der Waals surface area (Å²) in [6.45, 7) is 1.80. The number of nitrogens with zero attached hydrogens (tertiary/aromatic N) is 3. The molecular formula is C29H27N5O4S. The lowest BCUT2D eigenvalue weighted by Gasteiger charge is -2.12. The summed E-state index contributed by atoms with van der Waals surface area (Å²) in [4.78, 5) is 34.6. The molecule has 198 valence electrons. The zero-order chi connectivity index (χ0) is 27.4. The van der Waals surface area contributed by atoms with Gasteiger partial charge in [-0.3, -0.25) is 14.6 Å². The van der Waals surface area contributed by atoms with Crippen molar-refractivity contribution in [1.29, 1.82) is 0 Å². The second kappa shape index (κ2) is 11.4. The second-order valence-corrected chi connectivity index (χ2v) is 9.78. The SMILES string of the molecule is COc1ccc(CC(=O)Nc2cc(-c3cccs3)nn2-c2nc(C)c(Cc3ccccc3)c(=O)[nH]2)cc1OC. The van der Waals surface area contributed by atoms with E-state index in [0.29, 0.717) is 40.7 Å². The lowest BCUT2D eigenvalue weighted by Crippen LogP contribution is -2.23. The fraction of sp³-hybridized carbons (Fsp3) is 0.172. The number of carbonyl (C=O) groups is 1. The smallest absolute Gasteiger partial charge is 0.256 e. The van der Waals surface area contributed by atoms with E-state index in [1.165, 1.54) is 16.0 Å². The number of aromatic amines is 1. The molecule has 3 heterocycles. The number of amides is 1. The molecule has 0 atom stereocenters. The summed E-state index contributed by atoms with van der Waals surface area (Å²) in [5, 5.41) is 9.55. The number of nitrogens with one attached hydrogen (secondary N) is 2. The zero-order valence-corrected chi connectivity index (χ0v) is 22.5. The number of hydrogen-bond acceptors (Lipinski definition) is 7. The van der Waals surface area contributed by atoms with Crippen LogP contribution in [-0.4, -0.2) is 39.9 Å². The minimum atomic E-state index is -0.263. The number of aromatic nitrogens is 4. The van der Waals surface area contributed by atoms with Crippen molar-refractivity contribution < 1.29 is 14.3 Å². The summed E-state index contributed by atoms with van der Waals surface area (Å²) in [6, 6.07) is 20.7. The Morgan fingerprint density at radius 2 is 1.79 bits per heavy atom. The Bertz CT molecular complexity index is 1660. The molecule has 0 aliphatic heterocycles. The van der Waals surface area contributed by atoms with Crippen molar-refractivity contribution in [3.63, 3.8) is 0 Å². The first-order valence-corrected chi connectivity index (χ1v) is 13.1. The molecule has 0 spiro atoms. The Morgan fingerprint density at radius 3 is 2.49 bits per heavy atom. The first-order valence-electron chi connectivity index (χ1n) is 12.2. The maximum atomic E-state index is 13.1. The van der Waals surface area contributed by atoms with Crippen LogP contribution in [0.15, 0.2) is 76.9 Å². The van der Waals surface area contributed by atoms with E-state index in [-0.39, 0.29) is 23.8 Å². The van der Waals surface area contributed by atoms with Crippen LogP contribution in [-0.2, 0) is 17.6 Å². The van der Waals surface area contributed by atoms with E-state index in [1.807, 2.05) is 53.9 Å². The monoisotopic (exact) mass is 541 g/mol. The van der Waals surface area contributed by atoms with Gasteiger partial charge in [-0.25, -0.2) is 4.98 Å². The zero-order valence-electron chi connectivity index (χ0n) is 21.7. The highest BCUT2D eigenvalue weighted by Crippen LogP contribution is 2.29. The van der Waals surface area contributed by atoms with Crippen LogP contribution in [0.3, 0.4) is 0 Å². The molecule has 0 aliphatic carbocycles. The minimum absolute atomic E-state index is 0.0961. The van der Waals surface area contributed by atoms with Gasteiger partial charge in [0.05, 0.1) is 31.2 Å². The van der Waals surface area contributed by atoms with Gasteiger partial charge >= 0.3 is 0 Å². The first kappa shape index (κ1) is 25.9. The van der Waals surface area contributed by atoms with E-state index >= 15 is 0 Å². The normalized spacial score (nSPS) is 10.8. The highest BCUT2D eigenvalue weighted by Gasteiger charge is 2.18. The molecule has 9 nitrogen and oxygen atoms in total. The number of thiophene rings is 1. The van der Waals surface area contributed by atoms with Gasteiger partial charge in [0.15, 0.2) is 11.5 Å². The van der Waals surface area contributed by atoms with Crippen LogP contribution < -0.4 is 20.3 Å². The van der Waals surface area contributed by atoms with Crippen LogP contribution in [0, 0.1) is 6.92 Å². The van der Waals surface area contributed by atoms with Gasteiger partial charge in [0.25, 0.3) is 5.56 Å². The molecule has 2 aromatic carbocycles. The van der Waals surface area contributed by atoms with Crippen molar-refractivity contribution in [2.75, 3.05) is 19.5 Å². The van der Waals surface area contributed by atoms with Crippen LogP contribution in [0.25, 0.3) is 16.5 Å². The number of aryl methyl sites for hydroxylation is 1. The summed E-state index contributed by atoms with van der Waals surface area (Å²) in [6.07, 6.45) is 0.558. The predicted octanol–water partition coefficient (Wildman–Crippen LogP) is 4.78. The van der Waals surface area contributed by atoms with Crippen LogP contribution in [0.5, 0.6) is 11.5 Å². The molecule has 1 amide bonds. The Kier molecular flexibility index (Phi) is 7.55. The number of carbonyl (C=O) groups excluding carboxylic acids is 1. The highest BCUT2D eigenvalue weighted by atomic mass is 32.1. The van der Waals surface area contributed by atoms with Gasteiger partial charge in [-0.05, 0) is 41.6 Å². The molecule has 0 unspecified atom stereocenters. The second-order valence-electron chi connectivity index (χ2n) is 8.83. The van der Waals surface area contributed by atoms with Crippen LogP contribution in [0.1, 0.15) is 22.4 Å². The number of anilines is 1. The molecule has 10 heteroatoms. The quantitative estimate of drug-likeness (QED) is 0.278. The fourth-order valence-electron chi connectivity index (χ4n) is 4.24. The molecule has 39 heavy (non-hydrogen) atoms. The Labute approximate surface area is 229 Å². The van der Waals surface area contributed by atoms with Crippen molar-refractivity contribution in [3.8, 4) is 28.0 Å². The molecule has 0 aliphatic rings. The van der Waals surface area contributed by atoms with Crippen molar-refractivity contribution in [1.82, 2.24) is 19.7 Å². The number of hydrogen-bond donors (Lipinski definition) is 2. The fourth-order valence-corrected chi connectivity index (χ4v) is 4.92. The molecule has 0 bridgehead atoms. The standard InChI is InChI=1S/C29H27N5O4S/c1-18-21(14-19-8-5-4-6-9-19)28(36)32-29(30-18)34-26(17-22(33-34)25-10-7-13-39-25)31-27(35)16-20-11-12-23(37-2)24(15-20)38-3/h4-13,15,17H,14,16H2,1-3H3,(H,31,35)(H,30,32,36). The Morgan fingerprint density at radius 1 is 1.00 bits per heavy atom. The molecule has 0 fully saturated rings. The third-order valence-electron chi connectivity index (χ3n) is 6.20. The molecule has 2 N–H and O–H groups in total. The molecule has 3 aromatic heterocycles. The van der Waals surface area contributed by atoms with Crippen molar-refractivity contribution >= 4 is 23.1 Å². The van der Waals surface area contributed by atoms with Crippen LogP contribution in [0.4, 0.5) is 5.82 Å². The number of rotatable bonds is 9. The van der Waals surface area contributed by atoms with Gasteiger partial charge in [-0.15, -0.1) is 11.3 Å². The average Bonchev–Trinajstić information content (AvgIpc) is 3.61. The van der Waals surface area contributed by atoms with Gasteiger partial charge in [-0.1, -0.05) is 42.5 Å². The number of ether oxygens (including phenoxy) is 2. The Balaban J connectivity index is 1.46. The summed E-state index contributed by atoms with van der Waals surface area (Å²) < 4.78 is 12.1. The first-order chi connectivity index (χ1) is 18.9. The van der Waals surface area contributed by atoms with E-state index in [1.54, 1.807) is 39.3 Å². The van der Waals surface area contributed by atoms with Gasteiger partial charge in [-0.2, -0.15) is 9.78 Å². The molecule has 0 saturated carbocycles. The van der Waals surface area contributed by atoms with Gasteiger partial charge < -0.3 is 14.8 Å². The van der Waals surface area contributed by atoms with E-state index in [0.717, 1.165) is 16.0 Å². The topological polar surface area (TPSA) is 111 Å². The molecule has 5 aromatic rings. The van der Waals surface area contributed by atoms with Crippen molar-refractivity contribution in [2.45, 2.75) is 19.8 Å². The highest BCUT2D eigenvalue weighted by molar-refractivity contribution is 7.13. The third kappa shape index (κ3) is 5.75. The van der Waals surface area contributed by atoms with Gasteiger partial charge in [0.1, 0.15) is 11.5 Å². The lowest BCUT2D eigenvalue weighted by atomic mass is 10.1. The summed E-state index contributed by atoms with van der Waals surface area (Å²) >= 11 is 1.53. The van der Waals surface area contributed by atoms with E-state index in [2.05, 4.69) is 20.4 Å². The van der Waals surface area contributed by atoms with E-state index < -0.39 is 0 Å². The summed E-state index contributed by atoms with van der Waals surface area (Å²) in [5.74, 6) is 1.48. The molecular weight excluding hydrogens is 514 g/mol. The predicted molar refractivity (Wildman–Crippen MR) is 151 cm³/mol. The minimum Gasteiger partial charge on any atom is -0.493 e. The van der Waals surface area contributed by atoms with Gasteiger partial charge in [0.2, 0.25) is 11.9 Å². The third-order valence-corrected chi connectivity index (χ3v) is 7.09. The van der Waals surface area contributed by atoms with Crippen LogP contribution in [0.2, 0.25) is 0 Å².